The lowest BCUT2D eigenvalue weighted by molar-refractivity contribution is 0.220. The third kappa shape index (κ3) is 3.46. The molecule has 0 radical (unpaired) electrons. The van der Waals surface area contributed by atoms with Gasteiger partial charge in [0.1, 0.15) is 17.6 Å². The van der Waals surface area contributed by atoms with Crippen LogP contribution in [0.25, 0.3) is 0 Å². The highest BCUT2D eigenvalue weighted by atomic mass is 79.9. The SMILES string of the molecule is COc1cc(Cl)c(C(O)c2ccc(OC)c(Br)c2)cc1Cl. The van der Waals surface area contributed by atoms with Gasteiger partial charge in [0, 0.05) is 11.6 Å². The van der Waals surface area contributed by atoms with Gasteiger partial charge in [0.25, 0.3) is 0 Å². The van der Waals surface area contributed by atoms with Crippen molar-refractivity contribution >= 4 is 39.1 Å². The van der Waals surface area contributed by atoms with Crippen molar-refractivity contribution in [2.45, 2.75) is 6.10 Å². The molecule has 0 saturated heterocycles. The minimum Gasteiger partial charge on any atom is -0.496 e. The van der Waals surface area contributed by atoms with Crippen LogP contribution in [0.1, 0.15) is 17.2 Å². The maximum atomic E-state index is 10.5. The molecular weight excluding hydrogens is 379 g/mol. The van der Waals surface area contributed by atoms with Gasteiger partial charge in [0.2, 0.25) is 0 Å². The molecule has 0 fully saturated rings. The van der Waals surface area contributed by atoms with Gasteiger partial charge in [-0.15, -0.1) is 0 Å². The van der Waals surface area contributed by atoms with Crippen LogP contribution in [-0.2, 0) is 0 Å². The summed E-state index contributed by atoms with van der Waals surface area (Å²) in [6.07, 6.45) is -0.900. The molecule has 0 amide bonds. The number of ether oxygens (including phenoxy) is 2. The van der Waals surface area contributed by atoms with Crippen LogP contribution >= 0.6 is 39.1 Å². The first-order valence-corrected chi connectivity index (χ1v) is 7.57. The second-order valence-corrected chi connectivity index (χ2v) is 5.97. The van der Waals surface area contributed by atoms with Crippen molar-refractivity contribution in [3.63, 3.8) is 0 Å². The van der Waals surface area contributed by atoms with Gasteiger partial charge in [-0.3, -0.25) is 0 Å². The van der Waals surface area contributed by atoms with Gasteiger partial charge in [-0.1, -0.05) is 29.3 Å². The van der Waals surface area contributed by atoms with Gasteiger partial charge in [0.15, 0.2) is 0 Å². The van der Waals surface area contributed by atoms with E-state index in [9.17, 15) is 5.11 Å². The molecule has 1 atom stereocenters. The number of benzene rings is 2. The largest absolute Gasteiger partial charge is 0.496 e. The number of aliphatic hydroxyl groups is 1. The number of rotatable bonds is 4. The third-order valence-corrected chi connectivity index (χ3v) is 4.30. The predicted octanol–water partition coefficient (Wildman–Crippen LogP) is 4.85. The first-order chi connectivity index (χ1) is 9.97. The topological polar surface area (TPSA) is 38.7 Å². The molecule has 2 aromatic rings. The first kappa shape index (κ1) is 16.4. The van der Waals surface area contributed by atoms with E-state index in [1.807, 2.05) is 0 Å². The van der Waals surface area contributed by atoms with E-state index < -0.39 is 6.10 Å². The van der Waals surface area contributed by atoms with Crippen LogP contribution < -0.4 is 9.47 Å². The highest BCUT2D eigenvalue weighted by molar-refractivity contribution is 9.10. The summed E-state index contributed by atoms with van der Waals surface area (Å²) in [6.45, 7) is 0. The fourth-order valence-electron chi connectivity index (χ4n) is 1.94. The molecule has 6 heteroatoms. The second kappa shape index (κ2) is 6.88. The molecule has 0 aliphatic rings. The van der Waals surface area contributed by atoms with Crippen molar-refractivity contribution < 1.29 is 14.6 Å². The van der Waals surface area contributed by atoms with E-state index in [0.717, 1.165) is 4.47 Å². The molecule has 0 spiro atoms. The molecule has 1 unspecified atom stereocenters. The minimum atomic E-state index is -0.900. The Morgan fingerprint density at radius 1 is 1.00 bits per heavy atom. The van der Waals surface area contributed by atoms with E-state index in [2.05, 4.69) is 15.9 Å². The highest BCUT2D eigenvalue weighted by Crippen LogP contribution is 2.37. The smallest absolute Gasteiger partial charge is 0.138 e. The van der Waals surface area contributed by atoms with Crippen molar-refractivity contribution in [3.8, 4) is 11.5 Å². The zero-order valence-electron chi connectivity index (χ0n) is 11.4. The monoisotopic (exact) mass is 390 g/mol. The lowest BCUT2D eigenvalue weighted by Gasteiger charge is -2.16. The van der Waals surface area contributed by atoms with Crippen LogP contribution in [0.2, 0.25) is 10.0 Å². The normalized spacial score (nSPS) is 12.1. The number of halogens is 3. The average molecular weight is 392 g/mol. The second-order valence-electron chi connectivity index (χ2n) is 4.30. The first-order valence-electron chi connectivity index (χ1n) is 6.02. The maximum absolute atomic E-state index is 10.5. The summed E-state index contributed by atoms with van der Waals surface area (Å²) < 4.78 is 11.0. The fourth-order valence-corrected chi connectivity index (χ4v) is 3.01. The summed E-state index contributed by atoms with van der Waals surface area (Å²) in [5.74, 6) is 1.15. The van der Waals surface area contributed by atoms with E-state index >= 15 is 0 Å². The molecule has 3 nitrogen and oxygen atoms in total. The minimum absolute atomic E-state index is 0.385. The Balaban J connectivity index is 2.42. The summed E-state index contributed by atoms with van der Waals surface area (Å²) in [6, 6.07) is 8.49. The van der Waals surface area contributed by atoms with E-state index in [1.165, 1.54) is 7.11 Å². The molecule has 1 N–H and O–H groups in total. The molecular formula is C15H13BrCl2O3. The third-order valence-electron chi connectivity index (χ3n) is 3.06. The molecule has 0 bridgehead atoms. The summed E-state index contributed by atoms with van der Waals surface area (Å²) in [5.41, 5.74) is 1.19. The van der Waals surface area contributed by atoms with Crippen LogP contribution in [-0.4, -0.2) is 19.3 Å². The number of hydrogen-bond acceptors (Lipinski definition) is 3. The van der Waals surface area contributed by atoms with Gasteiger partial charge in [-0.05, 0) is 39.7 Å². The van der Waals surface area contributed by atoms with Crippen molar-refractivity contribution in [1.29, 1.82) is 0 Å². The summed E-state index contributed by atoms with van der Waals surface area (Å²) in [4.78, 5) is 0. The standard InChI is InChI=1S/C15H13BrCl2O3/c1-20-13-4-3-8(5-10(13)16)15(19)9-6-12(18)14(21-2)7-11(9)17/h3-7,15,19H,1-2H3. The molecule has 0 heterocycles. The van der Waals surface area contributed by atoms with Gasteiger partial charge in [-0.25, -0.2) is 0 Å². The fraction of sp³-hybridized carbons (Fsp3) is 0.200. The maximum Gasteiger partial charge on any atom is 0.138 e. The van der Waals surface area contributed by atoms with E-state index in [4.69, 9.17) is 32.7 Å². The highest BCUT2D eigenvalue weighted by Gasteiger charge is 2.18. The van der Waals surface area contributed by atoms with Gasteiger partial charge >= 0.3 is 0 Å². The zero-order valence-corrected chi connectivity index (χ0v) is 14.5. The summed E-state index contributed by atoms with van der Waals surface area (Å²) >= 11 is 15.7. The lowest BCUT2D eigenvalue weighted by atomic mass is 10.0. The van der Waals surface area contributed by atoms with E-state index in [-0.39, 0.29) is 0 Å². The number of methoxy groups -OCH3 is 2. The Kier molecular flexibility index (Phi) is 5.38. The van der Waals surface area contributed by atoms with Crippen LogP contribution in [0.5, 0.6) is 11.5 Å². The Hall–Kier alpha value is -0.940. The van der Waals surface area contributed by atoms with Crippen molar-refractivity contribution in [2.24, 2.45) is 0 Å². The molecule has 0 aliphatic carbocycles. The number of hydrogen-bond donors (Lipinski definition) is 1. The van der Waals surface area contributed by atoms with E-state index in [1.54, 1.807) is 37.4 Å². The Morgan fingerprint density at radius 2 is 1.67 bits per heavy atom. The Labute approximate surface area is 141 Å². The molecule has 2 rings (SSSR count). The van der Waals surface area contributed by atoms with Crippen molar-refractivity contribution in [1.82, 2.24) is 0 Å². The molecule has 0 saturated carbocycles. The Morgan fingerprint density at radius 3 is 2.24 bits per heavy atom. The summed E-state index contributed by atoms with van der Waals surface area (Å²) in [7, 11) is 3.09. The van der Waals surface area contributed by atoms with Gasteiger partial charge in [-0.2, -0.15) is 0 Å². The van der Waals surface area contributed by atoms with Crippen LogP contribution in [0.15, 0.2) is 34.8 Å². The van der Waals surface area contributed by atoms with Crippen molar-refractivity contribution in [2.75, 3.05) is 14.2 Å². The predicted molar refractivity (Wildman–Crippen MR) is 87.8 cm³/mol. The summed E-state index contributed by atoms with van der Waals surface area (Å²) in [5, 5.41) is 11.3. The molecule has 2 aromatic carbocycles. The van der Waals surface area contributed by atoms with Crippen molar-refractivity contribution in [3.05, 3.63) is 56.0 Å². The Bertz CT molecular complexity index is 662. The van der Waals surface area contributed by atoms with Crippen LogP contribution in [0.3, 0.4) is 0 Å². The van der Waals surface area contributed by atoms with Crippen LogP contribution in [0, 0.1) is 0 Å². The zero-order chi connectivity index (χ0) is 15.6. The van der Waals surface area contributed by atoms with E-state index in [0.29, 0.717) is 32.7 Å². The quantitative estimate of drug-likeness (QED) is 0.809. The molecule has 112 valence electrons. The van der Waals surface area contributed by atoms with Crippen LogP contribution in [0.4, 0.5) is 0 Å². The number of aliphatic hydroxyl groups excluding tert-OH is 1. The molecule has 21 heavy (non-hydrogen) atoms. The lowest BCUT2D eigenvalue weighted by Crippen LogP contribution is -2.02. The molecule has 0 aliphatic heterocycles. The van der Waals surface area contributed by atoms with Gasteiger partial charge in [0.05, 0.1) is 28.7 Å². The van der Waals surface area contributed by atoms with Gasteiger partial charge < -0.3 is 14.6 Å². The molecule has 0 aromatic heterocycles. The average Bonchev–Trinajstić information content (AvgIpc) is 2.48.